The molecule has 0 radical (unpaired) electrons. The Labute approximate surface area is 934 Å². The summed E-state index contributed by atoms with van der Waals surface area (Å²) < 4.78 is 55.0. The van der Waals surface area contributed by atoms with Gasteiger partial charge in [0.2, 0.25) is 0 Å². The number of rotatable bonds is 26. The summed E-state index contributed by atoms with van der Waals surface area (Å²) in [6.45, 7) is 66.7. The third-order valence-corrected chi connectivity index (χ3v) is 37.0. The Bertz CT molecular complexity index is 5550. The first kappa shape index (κ1) is 129. The molecule has 3 N–H and O–H groups in total. The molecule has 4 aliphatic heterocycles. The van der Waals surface area contributed by atoms with Crippen molar-refractivity contribution in [2.45, 2.75) is 273 Å². The number of anilines is 5. The van der Waals surface area contributed by atoms with E-state index in [4.69, 9.17) is 100 Å². The second kappa shape index (κ2) is 64.2. The monoisotopic (exact) mass is 2560 g/mol. The van der Waals surface area contributed by atoms with Crippen molar-refractivity contribution in [3.63, 3.8) is 0 Å². The Balaban J connectivity index is 0.000000257. The number of benzene rings is 9. The van der Waals surface area contributed by atoms with Gasteiger partial charge in [-0.15, -0.1) is 0 Å². The van der Waals surface area contributed by atoms with Gasteiger partial charge in [0.1, 0.15) is 0 Å². The summed E-state index contributed by atoms with van der Waals surface area (Å²) in [7, 11) is 46.8. The van der Waals surface area contributed by atoms with Crippen LogP contribution in [0.5, 0.6) is 23.0 Å². The normalized spacial score (nSPS) is 15.8. The van der Waals surface area contributed by atoms with E-state index >= 15 is 0 Å². The zero-order valence-electron chi connectivity index (χ0n) is 90.0. The third kappa shape index (κ3) is 40.7. The van der Waals surface area contributed by atoms with Crippen LogP contribution in [0.2, 0.25) is 12.6 Å². The van der Waals surface area contributed by atoms with Crippen molar-refractivity contribution in [1.82, 2.24) is 4.90 Å². The molecule has 0 bridgehead atoms. The van der Waals surface area contributed by atoms with E-state index < -0.39 is 71.9 Å². The van der Waals surface area contributed by atoms with Crippen molar-refractivity contribution in [3.8, 4) is 23.0 Å². The number of thioether (sulfide) groups is 2. The minimum atomic E-state index is -2.04. The van der Waals surface area contributed by atoms with Gasteiger partial charge in [0.15, 0.2) is 0 Å². The average molecular weight is 2560 g/mol. The molecule has 30 heteroatoms. The second-order valence-electron chi connectivity index (χ2n) is 38.0. The number of aromatic hydroxyl groups is 3. The van der Waals surface area contributed by atoms with Crippen LogP contribution in [-0.2, 0) is 84.7 Å². The molecule has 2 fully saturated rings. The van der Waals surface area contributed by atoms with Gasteiger partial charge in [-0.1, -0.05) is 122 Å². The SMILES string of the molecule is CC(C)Oc1ccccc1[CH]=[Ru]([Cl])[Cl].CC(C)[OH+]c1ccccc1[CH]=[Ru]([Cl])[Cl].CC(C)[OH+]c1ccccc1[CH]=[Ru]([Cl])[Cl].CC(C)[OH+]c1ccccc1[CH]=[Ru]([Cl])[Cl].CC1(C)N(c2ccccc2)[CH-]N(c2ccccc2)C1(C)C.CC1=C(C)N(c2c(C)cc(C)cc2C)[CH-]S1.CCc1cccc(CC)c1N1[CH-]SC(C)=C1C.CO[Si](C)(CCCC1CN(c2c(C)cc(C)cc2C)[CH-]N1C1=C(C)C=C(C)C[C@H]1C)OC.O=[Si]=O. The topological polar surface area (TPSA) is 120 Å². The van der Waals surface area contributed by atoms with E-state index in [1.807, 2.05) is 194 Å². The molecule has 802 valence electrons. The number of hydrogen-bond donors (Lipinski definition) is 0. The van der Waals surface area contributed by atoms with E-state index in [1.165, 1.54) is 111 Å². The minimum absolute atomic E-state index is 0.00973. The van der Waals surface area contributed by atoms with Gasteiger partial charge in [0.25, 0.3) is 0 Å². The number of ether oxygens (including phenoxy) is 4. The molecule has 9 aromatic carbocycles. The molecule has 9 aromatic rings. The summed E-state index contributed by atoms with van der Waals surface area (Å²) in [5.74, 6) is 8.75. The van der Waals surface area contributed by atoms with Gasteiger partial charge >= 0.3 is 409 Å². The van der Waals surface area contributed by atoms with Crippen LogP contribution in [0.1, 0.15) is 231 Å². The van der Waals surface area contributed by atoms with Crippen LogP contribution in [0.25, 0.3) is 0 Å². The van der Waals surface area contributed by atoms with Crippen molar-refractivity contribution < 1.29 is 90.8 Å². The average Bonchev–Trinajstić information content (AvgIpc) is 1.57. The van der Waals surface area contributed by atoms with Gasteiger partial charge in [0, 0.05) is 66.3 Å². The van der Waals surface area contributed by atoms with E-state index in [0.717, 1.165) is 89.9 Å². The Morgan fingerprint density at radius 2 is 0.834 bits per heavy atom. The summed E-state index contributed by atoms with van der Waals surface area (Å²) in [4.78, 5) is 17.3. The zero-order valence-corrected chi connectivity index (χ0v) is 107. The molecule has 145 heavy (non-hydrogen) atoms. The van der Waals surface area contributed by atoms with E-state index in [1.54, 1.807) is 14.2 Å². The first-order valence-corrected chi connectivity index (χ1v) is 75.6. The molecule has 2 saturated heterocycles. The van der Waals surface area contributed by atoms with Crippen LogP contribution in [0.3, 0.4) is 0 Å². The zero-order chi connectivity index (χ0) is 108. The third-order valence-electron chi connectivity index (χ3n) is 24.8. The molecule has 4 heterocycles. The predicted molar refractivity (Wildman–Crippen MR) is 626 cm³/mol. The van der Waals surface area contributed by atoms with E-state index in [0.29, 0.717) is 12.0 Å². The molecule has 0 aromatic heterocycles. The maximum absolute atomic E-state index is 8.40. The van der Waals surface area contributed by atoms with Gasteiger partial charge in [-0.05, 0) is 252 Å². The summed E-state index contributed by atoms with van der Waals surface area (Å²) in [6, 6.07) is 70.0. The van der Waals surface area contributed by atoms with Gasteiger partial charge in [-0.25, -0.2) is 0 Å². The van der Waals surface area contributed by atoms with Crippen molar-refractivity contribution >= 4 is 166 Å². The second-order valence-corrected chi connectivity index (χ2v) is 66.8. The first-order chi connectivity index (χ1) is 68.5. The van der Waals surface area contributed by atoms with Crippen LogP contribution in [-0.4, -0.2) is 118 Å². The van der Waals surface area contributed by atoms with Crippen LogP contribution >= 0.6 is 101 Å². The molecule has 1 aliphatic carbocycles. The van der Waals surface area contributed by atoms with Crippen molar-refractivity contribution in [2.75, 3.05) is 45.3 Å². The summed E-state index contributed by atoms with van der Waals surface area (Å²) in [5.41, 5.74) is 28.7. The minimum Gasteiger partial charge on any atom is -0.502 e. The fourth-order valence-corrected chi connectivity index (χ4v) is 27.6. The maximum atomic E-state index is 8.40. The number of aliphatic hydroxyl groups is 3. The molecular formula is C115H155Cl8N6O8Ru4S2Si2-. The Kier molecular flexibility index (Phi) is 56.9. The fourth-order valence-electron chi connectivity index (χ4n) is 17.3. The fraction of sp³-hybridized carbons (Fsp3) is 0.391. The number of allylic oxidation sites excluding steroid dienone is 8. The molecule has 0 saturated carbocycles. The van der Waals surface area contributed by atoms with Crippen LogP contribution in [0, 0.1) is 72.6 Å². The number of para-hydroxylation sites is 7. The first-order valence-electron chi connectivity index (χ1n) is 48.6. The van der Waals surface area contributed by atoms with Crippen LogP contribution in [0.15, 0.2) is 244 Å². The van der Waals surface area contributed by atoms with E-state index in [9.17, 15) is 0 Å². The number of aryl methyl sites for hydroxylation is 8. The molecule has 0 spiro atoms. The van der Waals surface area contributed by atoms with E-state index in [2.05, 4.69) is 316 Å². The van der Waals surface area contributed by atoms with Gasteiger partial charge < -0.3 is 38.3 Å². The molecule has 2 atom stereocenters. The van der Waals surface area contributed by atoms with Crippen LogP contribution < -0.4 is 29.2 Å². The van der Waals surface area contributed by atoms with Crippen molar-refractivity contribution in [1.29, 1.82) is 0 Å². The van der Waals surface area contributed by atoms with Crippen molar-refractivity contribution in [3.05, 3.63) is 336 Å². The molecule has 1 unspecified atom stereocenters. The Hall–Kier alpha value is -5.11. The predicted octanol–water partition coefficient (Wildman–Crippen LogP) is 33.8. The van der Waals surface area contributed by atoms with E-state index in [-0.39, 0.29) is 35.5 Å². The van der Waals surface area contributed by atoms with Crippen molar-refractivity contribution in [2.24, 2.45) is 5.92 Å². The summed E-state index contributed by atoms with van der Waals surface area (Å²) >= 11 is -3.38. The molecule has 0 amide bonds. The largest absolute Gasteiger partial charge is 0.549 e. The van der Waals surface area contributed by atoms with Gasteiger partial charge in [-0.3, -0.25) is 32.4 Å². The molecule has 14 rings (SSSR count). The summed E-state index contributed by atoms with van der Waals surface area (Å²) in [5, 5.41) is 0. The van der Waals surface area contributed by atoms with Crippen LogP contribution in [0.4, 0.5) is 28.4 Å². The van der Waals surface area contributed by atoms with Gasteiger partial charge in [-0.2, -0.15) is 25.1 Å². The molecular weight excluding hydrogens is 2400 g/mol. The number of nitrogens with zero attached hydrogens (tertiary/aromatic N) is 6. The van der Waals surface area contributed by atoms with Gasteiger partial charge in [0.05, 0.1) is 0 Å². The Morgan fingerprint density at radius 1 is 0.483 bits per heavy atom. The summed E-state index contributed by atoms with van der Waals surface area (Å²) in [6.07, 6.45) is 8.98. The maximum Gasteiger partial charge on any atom is 0.549 e. The smallest absolute Gasteiger partial charge is 0.502 e. The quantitative estimate of drug-likeness (QED) is 0.0291. The molecule has 5 aliphatic rings. The number of halogens is 8. The standard InChI is InChI=1S/C27H43N2O2Si.C19H23N2.C15H20NS.C14H18NS.4C10H12O.8ClH.O2Si.4Ru/c1-19-13-21(3)26(22(4)14-19)28-17-25(11-10-12-32(9,30-7)31-8)29(18-28)27-23(5)15-20(2)16-24(27)6;1-18(2)19(3,4)21(17-13-9-6-10-14-17)15-20(18)16-11-7-5-8-12-16;1-5-13-8-7-9-14(6-2)15(13)16-10-17-12(4)11(16)3;1-9-6-10(2)14(11(3)7-9)15-8-16-13(5)12(15)4;4*1-8(2)11-10-7-5-4-6-9(10)3;;;;;;;;;1-3-2;;;;/h13-15,18,24-25H,10-12,16-17H2,1-9H3;5-15H,1-4H3;7-10H,5-6H2,1-4H3;6-8H,1-5H3;4*3-8H,1-2H3;8*1H;;;;;/q4*-1;;;;;;;;;;;;;;4*+2/p-5/t24-,25?;;;;;;;;;;;;;;;;;;;;/m1..................../s1. The Morgan fingerprint density at radius 3 is 1.18 bits per heavy atom. The number of hydrogen-bond acceptors (Lipinski definition) is 13. The molecule has 14 nitrogen and oxygen atoms in total.